The Morgan fingerprint density at radius 3 is 2.83 bits per heavy atom. The fourth-order valence-corrected chi connectivity index (χ4v) is 6.02. The van der Waals surface area contributed by atoms with Gasteiger partial charge in [-0.1, -0.05) is 32.4 Å². The summed E-state index contributed by atoms with van der Waals surface area (Å²) in [6.07, 6.45) is 9.94. The Bertz CT molecular complexity index is 545. The molecule has 3 nitrogen and oxygen atoms in total. The summed E-state index contributed by atoms with van der Waals surface area (Å²) in [6, 6.07) is 0. The molecule has 1 aliphatic heterocycles. The summed E-state index contributed by atoms with van der Waals surface area (Å²) < 4.78 is 10.7. The van der Waals surface area contributed by atoms with Gasteiger partial charge in [-0.05, 0) is 67.3 Å². The first-order chi connectivity index (χ1) is 11.4. The van der Waals surface area contributed by atoms with Crippen molar-refractivity contribution in [1.82, 2.24) is 0 Å². The van der Waals surface area contributed by atoms with E-state index in [-0.39, 0.29) is 16.8 Å². The van der Waals surface area contributed by atoms with Crippen LogP contribution in [0.15, 0.2) is 23.8 Å². The van der Waals surface area contributed by atoms with Gasteiger partial charge in [-0.15, -0.1) is 0 Å². The minimum atomic E-state index is -0.119. The first-order valence-corrected chi connectivity index (χ1v) is 9.43. The molecule has 2 saturated carbocycles. The predicted octanol–water partition coefficient (Wildman–Crippen LogP) is 4.68. The zero-order valence-electron chi connectivity index (χ0n) is 15.5. The third-order valence-corrected chi connectivity index (χ3v) is 7.13. The number of hydrogen-bond donors (Lipinski definition) is 0. The number of cyclic esters (lactones) is 1. The molecule has 2 aliphatic carbocycles. The standard InChI is InChI=1S/C21H32O3/c1-15-6-9-18-20(2,14-23-4)11-5-12-21(18,3)17(15)8-7-16-10-13-24-19(16)22/h10,17-18H,1,5-9,11-14H2,2-4H3/t17-,18-,20+,21+/m0/s1. The molecule has 0 aromatic heterocycles. The zero-order chi connectivity index (χ0) is 17.4. The third-order valence-electron chi connectivity index (χ3n) is 7.13. The van der Waals surface area contributed by atoms with E-state index in [9.17, 15) is 4.79 Å². The molecule has 1 heterocycles. The lowest BCUT2D eigenvalue weighted by molar-refractivity contribution is -0.136. The summed E-state index contributed by atoms with van der Waals surface area (Å²) in [4.78, 5) is 11.7. The van der Waals surface area contributed by atoms with Gasteiger partial charge in [-0.25, -0.2) is 4.79 Å². The summed E-state index contributed by atoms with van der Waals surface area (Å²) >= 11 is 0. The van der Waals surface area contributed by atoms with Gasteiger partial charge in [0.15, 0.2) is 0 Å². The fourth-order valence-electron chi connectivity index (χ4n) is 6.02. The summed E-state index contributed by atoms with van der Waals surface area (Å²) in [5, 5.41) is 0. The van der Waals surface area contributed by atoms with Crippen molar-refractivity contribution >= 4 is 5.97 Å². The van der Waals surface area contributed by atoms with Crippen molar-refractivity contribution in [2.24, 2.45) is 22.7 Å². The van der Waals surface area contributed by atoms with E-state index in [0.29, 0.717) is 18.4 Å². The highest BCUT2D eigenvalue weighted by Crippen LogP contribution is 2.62. The Hall–Kier alpha value is -1.09. The molecule has 0 N–H and O–H groups in total. The van der Waals surface area contributed by atoms with Crippen molar-refractivity contribution in [1.29, 1.82) is 0 Å². The second kappa shape index (κ2) is 6.67. The number of methoxy groups -OCH3 is 1. The summed E-state index contributed by atoms with van der Waals surface area (Å²) in [5.74, 6) is 1.06. The van der Waals surface area contributed by atoms with Gasteiger partial charge in [-0.3, -0.25) is 0 Å². The lowest BCUT2D eigenvalue weighted by Gasteiger charge is -2.58. The molecule has 3 aliphatic rings. The number of allylic oxidation sites excluding steroid dienone is 1. The molecular formula is C21H32O3. The van der Waals surface area contributed by atoms with Crippen LogP contribution in [0.1, 0.15) is 58.8 Å². The van der Waals surface area contributed by atoms with Crippen molar-refractivity contribution in [3.05, 3.63) is 23.8 Å². The molecule has 3 heteroatoms. The van der Waals surface area contributed by atoms with Crippen LogP contribution in [0.25, 0.3) is 0 Å². The number of carbonyl (C=O) groups excluding carboxylic acids is 1. The molecule has 0 aromatic rings. The number of ether oxygens (including phenoxy) is 2. The summed E-state index contributed by atoms with van der Waals surface area (Å²) in [7, 11) is 1.83. The highest BCUT2D eigenvalue weighted by Gasteiger charge is 2.54. The third kappa shape index (κ3) is 2.96. The van der Waals surface area contributed by atoms with E-state index in [2.05, 4.69) is 20.4 Å². The monoisotopic (exact) mass is 332 g/mol. The maximum atomic E-state index is 11.7. The second-order valence-electron chi connectivity index (χ2n) is 8.62. The number of fused-ring (bicyclic) bond motifs is 1. The van der Waals surface area contributed by atoms with Gasteiger partial charge in [-0.2, -0.15) is 0 Å². The first-order valence-electron chi connectivity index (χ1n) is 9.43. The van der Waals surface area contributed by atoms with Gasteiger partial charge in [0.25, 0.3) is 0 Å². The van der Waals surface area contributed by atoms with Crippen LogP contribution in [0.5, 0.6) is 0 Å². The van der Waals surface area contributed by atoms with Crippen molar-refractivity contribution in [2.45, 2.75) is 58.8 Å². The molecule has 3 rings (SSSR count). The second-order valence-corrected chi connectivity index (χ2v) is 8.62. The fraction of sp³-hybridized carbons (Fsp3) is 0.762. The van der Waals surface area contributed by atoms with Crippen LogP contribution in [-0.4, -0.2) is 26.3 Å². The van der Waals surface area contributed by atoms with Crippen LogP contribution >= 0.6 is 0 Å². The van der Waals surface area contributed by atoms with Gasteiger partial charge in [0.2, 0.25) is 0 Å². The van der Waals surface area contributed by atoms with Crippen LogP contribution in [0, 0.1) is 22.7 Å². The van der Waals surface area contributed by atoms with Crippen LogP contribution in [0.3, 0.4) is 0 Å². The van der Waals surface area contributed by atoms with E-state index in [1.165, 1.54) is 31.3 Å². The number of rotatable bonds is 5. The van der Waals surface area contributed by atoms with Crippen molar-refractivity contribution in [3.8, 4) is 0 Å². The quantitative estimate of drug-likeness (QED) is 0.542. The lowest BCUT2D eigenvalue weighted by atomic mass is 9.47. The molecule has 24 heavy (non-hydrogen) atoms. The van der Waals surface area contributed by atoms with Gasteiger partial charge in [0, 0.05) is 12.7 Å². The van der Waals surface area contributed by atoms with Crippen LogP contribution in [-0.2, 0) is 14.3 Å². The minimum absolute atomic E-state index is 0.119. The molecule has 0 amide bonds. The van der Waals surface area contributed by atoms with E-state index in [1.807, 2.05) is 13.2 Å². The van der Waals surface area contributed by atoms with Gasteiger partial charge >= 0.3 is 5.97 Å². The Kier molecular flexibility index (Phi) is 4.92. The van der Waals surface area contributed by atoms with E-state index >= 15 is 0 Å². The van der Waals surface area contributed by atoms with E-state index in [4.69, 9.17) is 9.47 Å². The van der Waals surface area contributed by atoms with Crippen molar-refractivity contribution < 1.29 is 14.3 Å². The molecular weight excluding hydrogens is 300 g/mol. The number of carbonyl (C=O) groups is 1. The van der Waals surface area contributed by atoms with Crippen molar-refractivity contribution in [3.63, 3.8) is 0 Å². The molecule has 0 bridgehead atoms. The molecule has 0 spiro atoms. The summed E-state index contributed by atoms with van der Waals surface area (Å²) in [6.45, 7) is 10.6. The minimum Gasteiger partial charge on any atom is -0.458 e. The normalized spacial score (nSPS) is 39.4. The highest BCUT2D eigenvalue weighted by atomic mass is 16.5. The van der Waals surface area contributed by atoms with Crippen LogP contribution in [0.4, 0.5) is 0 Å². The Labute approximate surface area is 146 Å². The maximum Gasteiger partial charge on any atom is 0.334 e. The van der Waals surface area contributed by atoms with E-state index in [0.717, 1.165) is 31.4 Å². The molecule has 134 valence electrons. The zero-order valence-corrected chi connectivity index (χ0v) is 15.5. The van der Waals surface area contributed by atoms with E-state index < -0.39 is 0 Å². The molecule has 0 radical (unpaired) electrons. The largest absolute Gasteiger partial charge is 0.458 e. The molecule has 4 atom stereocenters. The van der Waals surface area contributed by atoms with Gasteiger partial charge in [0.05, 0.1) is 6.61 Å². The van der Waals surface area contributed by atoms with Gasteiger partial charge < -0.3 is 9.47 Å². The van der Waals surface area contributed by atoms with Gasteiger partial charge in [0.1, 0.15) is 6.61 Å². The van der Waals surface area contributed by atoms with E-state index in [1.54, 1.807) is 0 Å². The van der Waals surface area contributed by atoms with Crippen LogP contribution in [0.2, 0.25) is 0 Å². The number of hydrogen-bond acceptors (Lipinski definition) is 3. The lowest BCUT2D eigenvalue weighted by Crippen LogP contribution is -2.52. The summed E-state index contributed by atoms with van der Waals surface area (Å²) in [5.41, 5.74) is 2.81. The van der Waals surface area contributed by atoms with Crippen LogP contribution < -0.4 is 0 Å². The molecule has 0 unspecified atom stereocenters. The average Bonchev–Trinajstić information content (AvgIpc) is 2.92. The topological polar surface area (TPSA) is 35.5 Å². The average molecular weight is 332 g/mol. The Morgan fingerprint density at radius 1 is 1.38 bits per heavy atom. The number of esters is 1. The highest BCUT2D eigenvalue weighted by molar-refractivity contribution is 5.90. The molecule has 0 aromatic carbocycles. The smallest absolute Gasteiger partial charge is 0.334 e. The molecule has 0 saturated heterocycles. The Balaban J connectivity index is 1.79. The first kappa shape index (κ1) is 17.7. The maximum absolute atomic E-state index is 11.7. The SMILES string of the molecule is C=C1CC[C@H]2[C@@](C)(COC)CCC[C@]2(C)[C@H]1CCC1=CCOC1=O. The van der Waals surface area contributed by atoms with Crippen molar-refractivity contribution in [2.75, 3.05) is 20.3 Å². The Morgan fingerprint density at radius 2 is 2.17 bits per heavy atom. The molecule has 2 fully saturated rings. The predicted molar refractivity (Wildman–Crippen MR) is 95.6 cm³/mol.